The second-order valence-corrected chi connectivity index (χ2v) is 4.62. The van der Waals surface area contributed by atoms with Crippen molar-refractivity contribution in [2.45, 2.75) is 26.7 Å². The van der Waals surface area contributed by atoms with Crippen LogP contribution >= 0.6 is 11.6 Å². The average molecular weight is 264 g/mol. The fourth-order valence-corrected chi connectivity index (χ4v) is 2.43. The molecule has 0 saturated carbocycles. The molecule has 0 spiro atoms. The van der Waals surface area contributed by atoms with Gasteiger partial charge in [0.05, 0.1) is 12.1 Å². The number of aryl methyl sites for hydroxylation is 1. The van der Waals surface area contributed by atoms with Crippen molar-refractivity contribution in [3.8, 4) is 5.75 Å². The minimum absolute atomic E-state index is 0.657. The van der Waals surface area contributed by atoms with Gasteiger partial charge in [-0.1, -0.05) is 31.5 Å². The Bertz CT molecular complexity index is 584. The highest BCUT2D eigenvalue weighted by Crippen LogP contribution is 2.33. The zero-order valence-electron chi connectivity index (χ0n) is 11.0. The summed E-state index contributed by atoms with van der Waals surface area (Å²) in [5.41, 5.74) is 3.54. The molecule has 0 saturated heterocycles. The van der Waals surface area contributed by atoms with E-state index in [4.69, 9.17) is 16.3 Å². The number of aromatic amines is 1. The van der Waals surface area contributed by atoms with E-state index < -0.39 is 0 Å². The predicted octanol–water partition coefficient (Wildman–Crippen LogP) is 4.82. The number of halogens is 1. The summed E-state index contributed by atoms with van der Waals surface area (Å²) in [5, 5.41) is 1.84. The fraction of sp³-hybridized carbons (Fsp3) is 0.333. The molecule has 2 aromatic rings. The van der Waals surface area contributed by atoms with Gasteiger partial charge in [-0.2, -0.15) is 0 Å². The van der Waals surface area contributed by atoms with Crippen molar-refractivity contribution in [3.05, 3.63) is 34.5 Å². The van der Waals surface area contributed by atoms with E-state index in [0.717, 1.165) is 18.4 Å². The summed E-state index contributed by atoms with van der Waals surface area (Å²) in [4.78, 5) is 3.43. The number of hydrogen-bond donors (Lipinski definition) is 1. The van der Waals surface area contributed by atoms with E-state index in [1.54, 1.807) is 7.11 Å². The molecule has 2 nitrogen and oxygen atoms in total. The van der Waals surface area contributed by atoms with E-state index in [2.05, 4.69) is 31.0 Å². The van der Waals surface area contributed by atoms with Crippen LogP contribution < -0.4 is 4.74 Å². The highest BCUT2D eigenvalue weighted by molar-refractivity contribution is 6.32. The van der Waals surface area contributed by atoms with Gasteiger partial charge in [0.1, 0.15) is 5.75 Å². The molecule has 18 heavy (non-hydrogen) atoms. The molecule has 1 aromatic carbocycles. The second kappa shape index (κ2) is 5.49. The van der Waals surface area contributed by atoms with Gasteiger partial charge in [0, 0.05) is 22.7 Å². The Morgan fingerprint density at radius 1 is 1.33 bits per heavy atom. The highest BCUT2D eigenvalue weighted by atomic mass is 35.5. The topological polar surface area (TPSA) is 25.0 Å². The van der Waals surface area contributed by atoms with Gasteiger partial charge in [0.15, 0.2) is 0 Å². The van der Waals surface area contributed by atoms with E-state index in [1.807, 2.05) is 12.1 Å². The van der Waals surface area contributed by atoms with Crippen LogP contribution in [0.4, 0.5) is 0 Å². The molecule has 0 aliphatic rings. The number of ether oxygens (including phenoxy) is 1. The Kier molecular flexibility index (Phi) is 3.97. The van der Waals surface area contributed by atoms with Gasteiger partial charge in [-0.3, -0.25) is 0 Å². The molecule has 0 aliphatic heterocycles. The van der Waals surface area contributed by atoms with Crippen molar-refractivity contribution in [2.24, 2.45) is 0 Å². The van der Waals surface area contributed by atoms with E-state index in [1.165, 1.54) is 16.6 Å². The summed E-state index contributed by atoms with van der Waals surface area (Å²) < 4.78 is 5.25. The van der Waals surface area contributed by atoms with Crippen LogP contribution in [0.15, 0.2) is 18.2 Å². The van der Waals surface area contributed by atoms with Gasteiger partial charge in [-0.05, 0) is 30.5 Å². The molecule has 3 heteroatoms. The number of benzene rings is 1. The van der Waals surface area contributed by atoms with Crippen LogP contribution in [0, 0.1) is 0 Å². The third-order valence-corrected chi connectivity index (χ3v) is 3.38. The molecule has 1 aromatic heterocycles. The zero-order chi connectivity index (χ0) is 13.1. The lowest BCUT2D eigenvalue weighted by molar-refractivity contribution is 0.415. The van der Waals surface area contributed by atoms with E-state index in [0.29, 0.717) is 10.8 Å². The number of fused-ring (bicyclic) bond motifs is 1. The first kappa shape index (κ1) is 13.0. The molecule has 0 unspecified atom stereocenters. The lowest BCUT2D eigenvalue weighted by atomic mass is 10.1. The molecular weight excluding hydrogens is 246 g/mol. The van der Waals surface area contributed by atoms with Gasteiger partial charge >= 0.3 is 0 Å². The lowest BCUT2D eigenvalue weighted by Gasteiger charge is -2.03. The number of rotatable bonds is 4. The van der Waals surface area contributed by atoms with Crippen LogP contribution in [0.3, 0.4) is 0 Å². The molecule has 0 radical (unpaired) electrons. The van der Waals surface area contributed by atoms with Crippen molar-refractivity contribution < 1.29 is 4.74 Å². The molecule has 2 rings (SSSR count). The number of nitrogens with one attached hydrogen (secondary N) is 1. The summed E-state index contributed by atoms with van der Waals surface area (Å²) in [5.74, 6) is 0.707. The van der Waals surface area contributed by atoms with Gasteiger partial charge in [-0.15, -0.1) is 0 Å². The largest absolute Gasteiger partial charge is 0.495 e. The first-order valence-electron chi connectivity index (χ1n) is 6.25. The van der Waals surface area contributed by atoms with Gasteiger partial charge < -0.3 is 9.72 Å². The van der Waals surface area contributed by atoms with E-state index in [9.17, 15) is 0 Å². The Balaban J connectivity index is 2.64. The average Bonchev–Trinajstić information content (AvgIpc) is 2.71. The Labute approximate surface area is 113 Å². The normalized spacial score (nSPS) is 11.6. The maximum absolute atomic E-state index is 6.19. The van der Waals surface area contributed by atoms with Crippen molar-refractivity contribution >= 4 is 28.6 Å². The van der Waals surface area contributed by atoms with Gasteiger partial charge in [0.2, 0.25) is 0 Å². The number of hydrogen-bond acceptors (Lipinski definition) is 1. The number of allylic oxidation sites excluding steroid dienone is 1. The highest BCUT2D eigenvalue weighted by Gasteiger charge is 2.11. The Morgan fingerprint density at radius 2 is 2.11 bits per heavy atom. The first-order chi connectivity index (χ1) is 8.71. The molecular formula is C15H18ClNO. The molecule has 1 N–H and O–H groups in total. The number of H-pyrrole nitrogens is 1. The Hall–Kier alpha value is -1.41. The van der Waals surface area contributed by atoms with Crippen LogP contribution in [0.5, 0.6) is 5.75 Å². The minimum atomic E-state index is 0.657. The Morgan fingerprint density at radius 3 is 2.72 bits per heavy atom. The molecule has 0 atom stereocenters. The van der Waals surface area contributed by atoms with Gasteiger partial charge in [-0.25, -0.2) is 0 Å². The molecule has 0 bridgehead atoms. The molecule has 0 aliphatic carbocycles. The standard InChI is InChI=1S/C15H18ClNO/c1-4-6-7-13-10(5-2)11-8-12(16)15(18-3)9-14(11)17-13/h6-9,17H,4-5H2,1-3H3/b7-6-. The van der Waals surface area contributed by atoms with Crippen molar-refractivity contribution in [3.63, 3.8) is 0 Å². The van der Waals surface area contributed by atoms with Crippen molar-refractivity contribution in [1.29, 1.82) is 0 Å². The molecule has 0 amide bonds. The first-order valence-corrected chi connectivity index (χ1v) is 6.63. The summed E-state index contributed by atoms with van der Waals surface area (Å²) in [6, 6.07) is 3.94. The van der Waals surface area contributed by atoms with Crippen molar-refractivity contribution in [1.82, 2.24) is 4.98 Å². The van der Waals surface area contributed by atoms with Crippen LogP contribution in [0.2, 0.25) is 5.02 Å². The third-order valence-electron chi connectivity index (χ3n) is 3.09. The number of aromatic nitrogens is 1. The lowest BCUT2D eigenvalue weighted by Crippen LogP contribution is -1.84. The smallest absolute Gasteiger partial charge is 0.139 e. The van der Waals surface area contributed by atoms with Crippen LogP contribution in [-0.4, -0.2) is 12.1 Å². The predicted molar refractivity (Wildman–Crippen MR) is 78.6 cm³/mol. The maximum atomic E-state index is 6.19. The van der Waals surface area contributed by atoms with Crippen molar-refractivity contribution in [2.75, 3.05) is 7.11 Å². The summed E-state index contributed by atoms with van der Waals surface area (Å²) in [7, 11) is 1.63. The third kappa shape index (κ3) is 2.25. The van der Waals surface area contributed by atoms with E-state index in [-0.39, 0.29) is 0 Å². The summed E-state index contributed by atoms with van der Waals surface area (Å²) >= 11 is 6.19. The fourth-order valence-electron chi connectivity index (χ4n) is 2.19. The zero-order valence-corrected chi connectivity index (χ0v) is 11.8. The van der Waals surface area contributed by atoms with Crippen LogP contribution in [0.25, 0.3) is 17.0 Å². The summed E-state index contributed by atoms with van der Waals surface area (Å²) in [6.45, 7) is 4.29. The minimum Gasteiger partial charge on any atom is -0.495 e. The maximum Gasteiger partial charge on any atom is 0.139 e. The molecule has 0 fully saturated rings. The second-order valence-electron chi connectivity index (χ2n) is 4.21. The van der Waals surface area contributed by atoms with Crippen LogP contribution in [0.1, 0.15) is 31.5 Å². The molecule has 1 heterocycles. The van der Waals surface area contributed by atoms with Crippen LogP contribution in [-0.2, 0) is 6.42 Å². The SMILES string of the molecule is CC/C=C\c1[nH]c2cc(OC)c(Cl)cc2c1CC. The number of methoxy groups -OCH3 is 1. The quantitative estimate of drug-likeness (QED) is 0.841. The van der Waals surface area contributed by atoms with Gasteiger partial charge in [0.25, 0.3) is 0 Å². The van der Waals surface area contributed by atoms with E-state index >= 15 is 0 Å². The molecule has 96 valence electrons. The summed E-state index contributed by atoms with van der Waals surface area (Å²) in [6.07, 6.45) is 6.30. The monoisotopic (exact) mass is 263 g/mol.